The van der Waals surface area contributed by atoms with Crippen molar-refractivity contribution in [1.82, 2.24) is 0 Å². The van der Waals surface area contributed by atoms with Gasteiger partial charge in [0.25, 0.3) is 0 Å². The van der Waals surface area contributed by atoms with Gasteiger partial charge in [0.05, 0.1) is 10.6 Å². The van der Waals surface area contributed by atoms with E-state index in [4.69, 9.17) is 5.11 Å². The van der Waals surface area contributed by atoms with E-state index >= 15 is 0 Å². The molecular formula is C11H8BrNO2S. The first kappa shape index (κ1) is 11.2. The molecule has 16 heavy (non-hydrogen) atoms. The molecule has 0 fully saturated rings. The van der Waals surface area contributed by atoms with E-state index in [1.165, 1.54) is 11.3 Å². The number of carbonyl (C=O) groups is 1. The molecule has 0 saturated heterocycles. The quantitative estimate of drug-likeness (QED) is 0.870. The van der Waals surface area contributed by atoms with Crippen LogP contribution in [0.5, 0.6) is 0 Å². The highest BCUT2D eigenvalue weighted by Gasteiger charge is 2.08. The van der Waals surface area contributed by atoms with Gasteiger partial charge in [-0.1, -0.05) is 28.1 Å². The Morgan fingerprint density at radius 3 is 2.56 bits per heavy atom. The molecule has 82 valence electrons. The molecule has 0 aliphatic carbocycles. The van der Waals surface area contributed by atoms with Gasteiger partial charge < -0.3 is 5.11 Å². The van der Waals surface area contributed by atoms with Crippen molar-refractivity contribution in [3.63, 3.8) is 0 Å². The second-order valence-corrected chi connectivity index (χ2v) is 4.93. The van der Waals surface area contributed by atoms with Crippen molar-refractivity contribution in [3.05, 3.63) is 40.2 Å². The highest BCUT2D eigenvalue weighted by molar-refractivity contribution is 9.10. The van der Waals surface area contributed by atoms with Crippen molar-refractivity contribution in [2.75, 3.05) is 5.32 Å². The molecule has 0 radical (unpaired) electrons. The zero-order valence-corrected chi connectivity index (χ0v) is 10.5. The van der Waals surface area contributed by atoms with Crippen LogP contribution in [0.4, 0.5) is 10.5 Å². The third-order valence-electron chi connectivity index (χ3n) is 2.01. The molecule has 1 heterocycles. The van der Waals surface area contributed by atoms with Crippen LogP contribution >= 0.6 is 27.3 Å². The average Bonchev–Trinajstić information content (AvgIpc) is 2.66. The van der Waals surface area contributed by atoms with E-state index in [0.29, 0.717) is 5.69 Å². The molecule has 0 bridgehead atoms. The molecule has 3 nitrogen and oxygen atoms in total. The van der Waals surface area contributed by atoms with Gasteiger partial charge in [-0.2, -0.15) is 0 Å². The van der Waals surface area contributed by atoms with Crippen LogP contribution in [0.2, 0.25) is 0 Å². The fraction of sp³-hybridized carbons (Fsp3) is 0. The summed E-state index contributed by atoms with van der Waals surface area (Å²) in [6.07, 6.45) is -1.04. The Hall–Kier alpha value is -1.33. The molecule has 0 spiro atoms. The van der Waals surface area contributed by atoms with Crippen molar-refractivity contribution >= 4 is 39.0 Å². The maximum Gasteiger partial charge on any atom is 0.409 e. The van der Waals surface area contributed by atoms with Crippen molar-refractivity contribution in [2.45, 2.75) is 0 Å². The fourth-order valence-electron chi connectivity index (χ4n) is 1.35. The Kier molecular flexibility index (Phi) is 3.26. The summed E-state index contributed by atoms with van der Waals surface area (Å²) in [5, 5.41) is 12.9. The van der Waals surface area contributed by atoms with Gasteiger partial charge in [0.2, 0.25) is 0 Å². The molecule has 0 saturated carbocycles. The van der Waals surface area contributed by atoms with Gasteiger partial charge in [-0.3, -0.25) is 5.32 Å². The first-order valence-electron chi connectivity index (χ1n) is 4.50. The summed E-state index contributed by atoms with van der Waals surface area (Å²) in [6.45, 7) is 0. The molecule has 0 atom stereocenters. The molecule has 0 unspecified atom stereocenters. The Morgan fingerprint density at radius 2 is 1.94 bits per heavy atom. The summed E-state index contributed by atoms with van der Waals surface area (Å²) in [6, 6.07) is 9.52. The number of anilines is 1. The SMILES string of the molecule is O=C(O)Nc1ccsc1-c1ccc(Br)cc1. The Bertz CT molecular complexity index is 507. The number of hydrogen-bond acceptors (Lipinski definition) is 2. The zero-order chi connectivity index (χ0) is 11.5. The van der Waals surface area contributed by atoms with Crippen LogP contribution in [-0.4, -0.2) is 11.2 Å². The number of thiophene rings is 1. The summed E-state index contributed by atoms with van der Waals surface area (Å²) in [4.78, 5) is 11.5. The van der Waals surface area contributed by atoms with E-state index < -0.39 is 6.09 Å². The van der Waals surface area contributed by atoms with Crippen LogP contribution in [0, 0.1) is 0 Å². The number of hydrogen-bond donors (Lipinski definition) is 2. The number of carboxylic acid groups (broad SMARTS) is 1. The van der Waals surface area contributed by atoms with E-state index in [-0.39, 0.29) is 0 Å². The lowest BCUT2D eigenvalue weighted by atomic mass is 10.2. The van der Waals surface area contributed by atoms with Crippen molar-refractivity contribution in [2.24, 2.45) is 0 Å². The van der Waals surface area contributed by atoms with Gasteiger partial charge in [0.1, 0.15) is 0 Å². The minimum absolute atomic E-state index is 0.625. The van der Waals surface area contributed by atoms with Crippen LogP contribution in [0.25, 0.3) is 10.4 Å². The Labute approximate surface area is 105 Å². The number of rotatable bonds is 2. The number of amides is 1. The smallest absolute Gasteiger partial charge is 0.409 e. The first-order chi connectivity index (χ1) is 7.66. The third kappa shape index (κ3) is 2.43. The highest BCUT2D eigenvalue weighted by atomic mass is 79.9. The van der Waals surface area contributed by atoms with Gasteiger partial charge in [-0.25, -0.2) is 4.79 Å². The largest absolute Gasteiger partial charge is 0.465 e. The topological polar surface area (TPSA) is 49.3 Å². The van der Waals surface area contributed by atoms with Crippen LogP contribution in [0.15, 0.2) is 40.2 Å². The number of nitrogens with one attached hydrogen (secondary N) is 1. The molecule has 1 aromatic heterocycles. The van der Waals surface area contributed by atoms with E-state index in [1.54, 1.807) is 6.07 Å². The maximum absolute atomic E-state index is 10.6. The van der Waals surface area contributed by atoms with Crippen LogP contribution < -0.4 is 5.32 Å². The molecule has 1 aromatic carbocycles. The predicted molar refractivity (Wildman–Crippen MR) is 69.1 cm³/mol. The molecule has 2 rings (SSSR count). The summed E-state index contributed by atoms with van der Waals surface area (Å²) in [5.41, 5.74) is 1.63. The Balaban J connectivity index is 2.36. The molecule has 0 aliphatic rings. The van der Waals surface area contributed by atoms with E-state index in [2.05, 4.69) is 21.2 Å². The fourth-order valence-corrected chi connectivity index (χ4v) is 2.47. The van der Waals surface area contributed by atoms with E-state index in [0.717, 1.165) is 14.9 Å². The van der Waals surface area contributed by atoms with E-state index in [9.17, 15) is 4.79 Å². The van der Waals surface area contributed by atoms with Gasteiger partial charge in [0, 0.05) is 4.47 Å². The molecule has 2 aromatic rings. The number of benzene rings is 1. The lowest BCUT2D eigenvalue weighted by Gasteiger charge is -2.03. The summed E-state index contributed by atoms with van der Waals surface area (Å²) in [5.74, 6) is 0. The first-order valence-corrected chi connectivity index (χ1v) is 6.17. The molecule has 5 heteroatoms. The van der Waals surface area contributed by atoms with Gasteiger partial charge in [-0.15, -0.1) is 11.3 Å². The summed E-state index contributed by atoms with van der Waals surface area (Å²) >= 11 is 4.87. The standard InChI is InChI=1S/C11H8BrNO2S/c12-8-3-1-7(2-4-8)10-9(5-6-16-10)13-11(14)15/h1-6,13H,(H,14,15). The second kappa shape index (κ2) is 4.67. The average molecular weight is 298 g/mol. The van der Waals surface area contributed by atoms with Crippen LogP contribution in [0.3, 0.4) is 0 Å². The molecule has 1 amide bonds. The molecular weight excluding hydrogens is 290 g/mol. The van der Waals surface area contributed by atoms with Crippen LogP contribution in [0.1, 0.15) is 0 Å². The maximum atomic E-state index is 10.6. The lowest BCUT2D eigenvalue weighted by Crippen LogP contribution is -2.06. The monoisotopic (exact) mass is 297 g/mol. The minimum atomic E-state index is -1.04. The van der Waals surface area contributed by atoms with Gasteiger partial charge in [-0.05, 0) is 29.1 Å². The lowest BCUT2D eigenvalue weighted by molar-refractivity contribution is 0.210. The number of halogens is 1. The highest BCUT2D eigenvalue weighted by Crippen LogP contribution is 2.34. The molecule has 0 aliphatic heterocycles. The van der Waals surface area contributed by atoms with Crippen LogP contribution in [-0.2, 0) is 0 Å². The molecule has 2 N–H and O–H groups in total. The van der Waals surface area contributed by atoms with Crippen molar-refractivity contribution in [3.8, 4) is 10.4 Å². The normalized spacial score (nSPS) is 10.1. The summed E-state index contributed by atoms with van der Waals surface area (Å²) in [7, 11) is 0. The summed E-state index contributed by atoms with van der Waals surface area (Å²) < 4.78 is 1.00. The third-order valence-corrected chi connectivity index (χ3v) is 3.51. The van der Waals surface area contributed by atoms with Gasteiger partial charge >= 0.3 is 6.09 Å². The van der Waals surface area contributed by atoms with Crippen molar-refractivity contribution in [1.29, 1.82) is 0 Å². The van der Waals surface area contributed by atoms with Gasteiger partial charge in [0.15, 0.2) is 0 Å². The minimum Gasteiger partial charge on any atom is -0.465 e. The predicted octanol–water partition coefficient (Wildman–Crippen LogP) is 4.27. The van der Waals surface area contributed by atoms with E-state index in [1.807, 2.05) is 29.6 Å². The Morgan fingerprint density at radius 1 is 1.25 bits per heavy atom. The second-order valence-electron chi connectivity index (χ2n) is 3.10. The zero-order valence-electron chi connectivity index (χ0n) is 8.11. The van der Waals surface area contributed by atoms with Crippen molar-refractivity contribution < 1.29 is 9.90 Å².